The molecule has 2 rings (SSSR count). The normalized spacial score (nSPS) is 10.7. The highest BCUT2D eigenvalue weighted by atomic mass is 32.2. The smallest absolute Gasteiger partial charge is 0.228 e. The summed E-state index contributed by atoms with van der Waals surface area (Å²) in [5.74, 6) is 0.537. The number of carbonyl (C=O) groups is 1. The Bertz CT molecular complexity index is 605. The molecule has 0 unspecified atom stereocenters. The quantitative estimate of drug-likeness (QED) is 0.810. The minimum Gasteiger partial charge on any atom is -0.325 e. The second-order valence-corrected chi connectivity index (χ2v) is 6.17. The van der Waals surface area contributed by atoms with Gasteiger partial charge in [0.2, 0.25) is 5.91 Å². The molecule has 0 atom stereocenters. The molecule has 3 heteroatoms. The van der Waals surface area contributed by atoms with Crippen LogP contribution in [-0.2, 0) is 11.2 Å². The lowest BCUT2D eigenvalue weighted by Gasteiger charge is -2.10. The third-order valence-corrected chi connectivity index (χ3v) is 4.19. The molecule has 0 aliphatic heterocycles. The molecule has 2 nitrogen and oxygen atoms in total. The molecule has 2 aromatic carbocycles. The van der Waals surface area contributed by atoms with Crippen LogP contribution in [0.4, 0.5) is 5.69 Å². The zero-order valence-electron chi connectivity index (χ0n) is 12.7. The van der Waals surface area contributed by atoms with Crippen LogP contribution in [-0.4, -0.2) is 12.2 Å². The van der Waals surface area contributed by atoms with E-state index in [4.69, 9.17) is 0 Å². The van der Waals surface area contributed by atoms with Crippen LogP contribution < -0.4 is 5.32 Å². The Morgan fingerprint density at radius 3 is 2.38 bits per heavy atom. The average molecular weight is 299 g/mol. The van der Waals surface area contributed by atoms with Gasteiger partial charge in [0.05, 0.1) is 12.1 Å². The van der Waals surface area contributed by atoms with Crippen molar-refractivity contribution in [3.63, 3.8) is 0 Å². The van der Waals surface area contributed by atoms with Crippen molar-refractivity contribution in [1.82, 2.24) is 0 Å². The summed E-state index contributed by atoms with van der Waals surface area (Å²) in [5.41, 5.74) is 3.22. The van der Waals surface area contributed by atoms with Gasteiger partial charge in [-0.1, -0.05) is 50.2 Å². The highest BCUT2D eigenvalue weighted by Crippen LogP contribution is 2.24. The van der Waals surface area contributed by atoms with E-state index in [0.717, 1.165) is 16.1 Å². The van der Waals surface area contributed by atoms with E-state index in [1.807, 2.05) is 42.7 Å². The lowest BCUT2D eigenvalue weighted by Crippen LogP contribution is -2.14. The Morgan fingerprint density at radius 1 is 1.10 bits per heavy atom. The lowest BCUT2D eigenvalue weighted by molar-refractivity contribution is -0.115. The van der Waals surface area contributed by atoms with Gasteiger partial charge >= 0.3 is 0 Å². The van der Waals surface area contributed by atoms with Crippen molar-refractivity contribution in [3.8, 4) is 0 Å². The topological polar surface area (TPSA) is 29.1 Å². The number of rotatable bonds is 5. The third-order valence-electron chi connectivity index (χ3n) is 3.39. The van der Waals surface area contributed by atoms with E-state index in [1.165, 1.54) is 5.56 Å². The molecular weight excluding hydrogens is 278 g/mol. The van der Waals surface area contributed by atoms with Crippen molar-refractivity contribution in [2.24, 2.45) is 0 Å². The minimum absolute atomic E-state index is 0.0220. The summed E-state index contributed by atoms with van der Waals surface area (Å²) >= 11 is 1.63. The number of carbonyl (C=O) groups excluding carboxylic acids is 1. The maximum absolute atomic E-state index is 12.1. The van der Waals surface area contributed by atoms with E-state index < -0.39 is 0 Å². The molecule has 1 N–H and O–H groups in total. The Kier molecular flexibility index (Phi) is 5.45. The van der Waals surface area contributed by atoms with Gasteiger partial charge in [-0.2, -0.15) is 0 Å². The van der Waals surface area contributed by atoms with Gasteiger partial charge in [0, 0.05) is 4.90 Å². The second kappa shape index (κ2) is 7.32. The molecule has 0 saturated heterocycles. The van der Waals surface area contributed by atoms with Gasteiger partial charge in [0.25, 0.3) is 0 Å². The first-order chi connectivity index (χ1) is 10.1. The lowest BCUT2D eigenvalue weighted by atomic mass is 10.0. The molecule has 0 aliphatic rings. The monoisotopic (exact) mass is 299 g/mol. The SMILES string of the molecule is CSc1ccccc1NC(=O)Cc1ccc(C(C)C)cc1. The molecular formula is C18H21NOS. The van der Waals surface area contributed by atoms with Gasteiger partial charge in [0.1, 0.15) is 0 Å². The standard InChI is InChI=1S/C18H21NOS/c1-13(2)15-10-8-14(9-11-15)12-18(20)19-16-6-4-5-7-17(16)21-3/h4-11,13H,12H2,1-3H3,(H,19,20). The van der Waals surface area contributed by atoms with E-state index in [0.29, 0.717) is 12.3 Å². The summed E-state index contributed by atoms with van der Waals surface area (Å²) in [6.07, 6.45) is 2.41. The summed E-state index contributed by atoms with van der Waals surface area (Å²) in [6, 6.07) is 16.1. The number of para-hydroxylation sites is 1. The van der Waals surface area contributed by atoms with Crippen molar-refractivity contribution in [2.75, 3.05) is 11.6 Å². The predicted molar refractivity (Wildman–Crippen MR) is 91.1 cm³/mol. The van der Waals surface area contributed by atoms with E-state index >= 15 is 0 Å². The maximum Gasteiger partial charge on any atom is 0.228 e. The van der Waals surface area contributed by atoms with Crippen LogP contribution in [0.1, 0.15) is 30.9 Å². The van der Waals surface area contributed by atoms with Gasteiger partial charge in [-0.3, -0.25) is 4.79 Å². The summed E-state index contributed by atoms with van der Waals surface area (Å²) in [6.45, 7) is 4.34. The molecule has 2 aromatic rings. The number of nitrogens with one attached hydrogen (secondary N) is 1. The largest absolute Gasteiger partial charge is 0.325 e. The zero-order chi connectivity index (χ0) is 15.2. The van der Waals surface area contributed by atoms with Crippen molar-refractivity contribution >= 4 is 23.4 Å². The maximum atomic E-state index is 12.1. The fourth-order valence-corrected chi connectivity index (χ4v) is 2.70. The van der Waals surface area contributed by atoms with Gasteiger partial charge < -0.3 is 5.32 Å². The molecule has 0 aromatic heterocycles. The number of anilines is 1. The summed E-state index contributed by atoms with van der Waals surface area (Å²) < 4.78 is 0. The van der Waals surface area contributed by atoms with Crippen LogP contribution >= 0.6 is 11.8 Å². The van der Waals surface area contributed by atoms with Crippen molar-refractivity contribution in [2.45, 2.75) is 31.1 Å². The van der Waals surface area contributed by atoms with Crippen LogP contribution in [0.25, 0.3) is 0 Å². The predicted octanol–water partition coefficient (Wildman–Crippen LogP) is 4.71. The van der Waals surface area contributed by atoms with Gasteiger partial charge in [-0.15, -0.1) is 11.8 Å². The van der Waals surface area contributed by atoms with E-state index in [2.05, 4.69) is 31.3 Å². The Hall–Kier alpha value is -1.74. The zero-order valence-corrected chi connectivity index (χ0v) is 13.5. The minimum atomic E-state index is 0.0220. The fourth-order valence-electron chi connectivity index (χ4n) is 2.15. The molecule has 0 saturated carbocycles. The number of benzene rings is 2. The molecule has 1 amide bonds. The van der Waals surface area contributed by atoms with Crippen molar-refractivity contribution in [3.05, 3.63) is 59.7 Å². The Morgan fingerprint density at radius 2 is 1.76 bits per heavy atom. The van der Waals surface area contributed by atoms with Gasteiger partial charge in [0.15, 0.2) is 0 Å². The molecule has 0 bridgehead atoms. The summed E-state index contributed by atoms with van der Waals surface area (Å²) in [7, 11) is 0. The molecule has 0 aliphatic carbocycles. The van der Waals surface area contributed by atoms with E-state index in [-0.39, 0.29) is 5.91 Å². The first kappa shape index (κ1) is 15.6. The Labute approximate surface area is 131 Å². The fraction of sp³-hybridized carbons (Fsp3) is 0.278. The van der Waals surface area contributed by atoms with Crippen LogP contribution in [0.2, 0.25) is 0 Å². The van der Waals surface area contributed by atoms with Crippen LogP contribution in [0.15, 0.2) is 53.4 Å². The number of thioether (sulfide) groups is 1. The highest BCUT2D eigenvalue weighted by Gasteiger charge is 2.07. The van der Waals surface area contributed by atoms with Gasteiger partial charge in [-0.05, 0) is 35.4 Å². The second-order valence-electron chi connectivity index (χ2n) is 5.32. The molecule has 0 heterocycles. The first-order valence-corrected chi connectivity index (χ1v) is 8.34. The molecule has 0 fully saturated rings. The van der Waals surface area contributed by atoms with Crippen LogP contribution in [0.5, 0.6) is 0 Å². The van der Waals surface area contributed by atoms with E-state index in [9.17, 15) is 4.79 Å². The van der Waals surface area contributed by atoms with E-state index in [1.54, 1.807) is 11.8 Å². The number of hydrogen-bond donors (Lipinski definition) is 1. The van der Waals surface area contributed by atoms with Gasteiger partial charge in [-0.25, -0.2) is 0 Å². The number of amides is 1. The first-order valence-electron chi connectivity index (χ1n) is 7.12. The molecule has 0 radical (unpaired) electrons. The molecule has 21 heavy (non-hydrogen) atoms. The summed E-state index contributed by atoms with van der Waals surface area (Å²) in [5, 5.41) is 2.99. The van der Waals surface area contributed by atoms with Crippen molar-refractivity contribution in [1.29, 1.82) is 0 Å². The number of hydrogen-bond acceptors (Lipinski definition) is 2. The van der Waals surface area contributed by atoms with Crippen LogP contribution in [0.3, 0.4) is 0 Å². The summed E-state index contributed by atoms with van der Waals surface area (Å²) in [4.78, 5) is 13.2. The van der Waals surface area contributed by atoms with Crippen LogP contribution in [0, 0.1) is 0 Å². The molecule has 0 spiro atoms. The molecule has 110 valence electrons. The third kappa shape index (κ3) is 4.36. The highest BCUT2D eigenvalue weighted by molar-refractivity contribution is 7.98. The van der Waals surface area contributed by atoms with Crippen molar-refractivity contribution < 1.29 is 4.79 Å². The average Bonchev–Trinajstić information content (AvgIpc) is 2.48. The Balaban J connectivity index is 2.01.